The Morgan fingerprint density at radius 3 is 2.07 bits per heavy atom. The fourth-order valence-corrected chi connectivity index (χ4v) is 1.32. The zero-order chi connectivity index (χ0) is 11.4. The predicted octanol–water partition coefficient (Wildman–Crippen LogP) is 2.98. The molecule has 0 bridgehead atoms. The van der Waals surface area contributed by atoms with Gasteiger partial charge in [0.2, 0.25) is 0 Å². The van der Waals surface area contributed by atoms with E-state index in [1.54, 1.807) is 0 Å². The Balaban J connectivity index is 3.28. The van der Waals surface area contributed by atoms with Gasteiger partial charge in [-0.05, 0) is 20.3 Å². The van der Waals surface area contributed by atoms with Crippen LogP contribution in [0.4, 0.5) is 0 Å². The Kier molecular flexibility index (Phi) is 11.9. The van der Waals surface area contributed by atoms with Gasteiger partial charge in [0.25, 0.3) is 0 Å². The largest absolute Gasteiger partial charge is 0.381 e. The van der Waals surface area contributed by atoms with Gasteiger partial charge in [-0.15, -0.1) is 0 Å². The summed E-state index contributed by atoms with van der Waals surface area (Å²) < 4.78 is 16.3. The van der Waals surface area contributed by atoms with Crippen LogP contribution < -0.4 is 0 Å². The number of ether oxygens (including phenoxy) is 3. The van der Waals surface area contributed by atoms with E-state index < -0.39 is 0 Å². The van der Waals surface area contributed by atoms with Crippen LogP contribution in [0.2, 0.25) is 0 Å². The van der Waals surface area contributed by atoms with Crippen LogP contribution in [0.1, 0.15) is 46.5 Å². The number of rotatable bonds is 11. The van der Waals surface area contributed by atoms with Crippen molar-refractivity contribution in [3.8, 4) is 0 Å². The second kappa shape index (κ2) is 12.0. The molecule has 0 saturated heterocycles. The summed E-state index contributed by atoms with van der Waals surface area (Å²) in [5.74, 6) is 0. The molecule has 0 aliphatic carbocycles. The van der Waals surface area contributed by atoms with E-state index in [9.17, 15) is 0 Å². The van der Waals surface area contributed by atoms with E-state index in [-0.39, 0.29) is 6.29 Å². The Bertz CT molecular complexity index is 111. The highest BCUT2D eigenvalue weighted by Gasteiger charge is 2.06. The predicted molar refractivity (Wildman–Crippen MR) is 62.0 cm³/mol. The summed E-state index contributed by atoms with van der Waals surface area (Å²) >= 11 is 0. The van der Waals surface area contributed by atoms with Crippen LogP contribution in [0.5, 0.6) is 0 Å². The molecule has 0 aliphatic rings. The van der Waals surface area contributed by atoms with Crippen molar-refractivity contribution in [2.24, 2.45) is 0 Å². The standard InChI is InChI=1S/C12H26O3/c1-4-7-8-10-13-11-9-12(14-5-2)15-6-3/h12H,4-11H2,1-3H3. The van der Waals surface area contributed by atoms with Gasteiger partial charge in [0.1, 0.15) is 0 Å². The molecule has 0 radical (unpaired) electrons. The fourth-order valence-electron chi connectivity index (χ4n) is 1.32. The Labute approximate surface area is 94.1 Å². The minimum absolute atomic E-state index is 0.0915. The molecule has 0 aromatic heterocycles. The van der Waals surface area contributed by atoms with Gasteiger partial charge in [-0.2, -0.15) is 0 Å². The topological polar surface area (TPSA) is 27.7 Å². The van der Waals surface area contributed by atoms with Crippen molar-refractivity contribution in [1.29, 1.82) is 0 Å². The second-order valence-electron chi connectivity index (χ2n) is 3.45. The van der Waals surface area contributed by atoms with Crippen molar-refractivity contribution in [2.75, 3.05) is 26.4 Å². The molecule has 0 unspecified atom stereocenters. The van der Waals surface area contributed by atoms with E-state index in [1.165, 1.54) is 12.8 Å². The monoisotopic (exact) mass is 218 g/mol. The third-order valence-corrected chi connectivity index (χ3v) is 2.10. The molecule has 92 valence electrons. The molecule has 0 fully saturated rings. The number of unbranched alkanes of at least 4 members (excludes halogenated alkanes) is 2. The zero-order valence-electron chi connectivity index (χ0n) is 10.5. The summed E-state index contributed by atoms with van der Waals surface area (Å²) in [7, 11) is 0. The summed E-state index contributed by atoms with van der Waals surface area (Å²) in [4.78, 5) is 0. The van der Waals surface area contributed by atoms with Crippen LogP contribution in [0.3, 0.4) is 0 Å². The lowest BCUT2D eigenvalue weighted by Crippen LogP contribution is -2.19. The summed E-state index contributed by atoms with van der Waals surface area (Å²) in [5, 5.41) is 0. The lowest BCUT2D eigenvalue weighted by Gasteiger charge is -2.16. The molecule has 0 aromatic rings. The molecule has 0 spiro atoms. The first-order valence-electron chi connectivity index (χ1n) is 6.16. The highest BCUT2D eigenvalue weighted by atomic mass is 16.7. The van der Waals surface area contributed by atoms with Crippen molar-refractivity contribution < 1.29 is 14.2 Å². The van der Waals surface area contributed by atoms with E-state index in [1.807, 2.05) is 13.8 Å². The molecule has 0 aromatic carbocycles. The van der Waals surface area contributed by atoms with Gasteiger partial charge >= 0.3 is 0 Å². The SMILES string of the molecule is CCCCCOCCC(OCC)OCC. The van der Waals surface area contributed by atoms with E-state index in [0.717, 1.165) is 26.1 Å². The molecule has 3 nitrogen and oxygen atoms in total. The molecule has 0 amide bonds. The van der Waals surface area contributed by atoms with Crippen LogP contribution in [-0.4, -0.2) is 32.7 Å². The lowest BCUT2D eigenvalue weighted by molar-refractivity contribution is -0.146. The molecule has 0 rings (SSSR count). The summed E-state index contributed by atoms with van der Waals surface area (Å²) in [5.41, 5.74) is 0. The van der Waals surface area contributed by atoms with Gasteiger partial charge in [-0.3, -0.25) is 0 Å². The van der Waals surface area contributed by atoms with Crippen LogP contribution in [0, 0.1) is 0 Å². The van der Waals surface area contributed by atoms with Gasteiger partial charge in [-0.25, -0.2) is 0 Å². The van der Waals surface area contributed by atoms with E-state index in [4.69, 9.17) is 14.2 Å². The van der Waals surface area contributed by atoms with Crippen molar-refractivity contribution in [1.82, 2.24) is 0 Å². The first kappa shape index (κ1) is 14.9. The van der Waals surface area contributed by atoms with Crippen molar-refractivity contribution in [3.63, 3.8) is 0 Å². The van der Waals surface area contributed by atoms with Crippen molar-refractivity contribution in [3.05, 3.63) is 0 Å². The van der Waals surface area contributed by atoms with Crippen LogP contribution in [0.15, 0.2) is 0 Å². The van der Waals surface area contributed by atoms with Gasteiger partial charge < -0.3 is 14.2 Å². The van der Waals surface area contributed by atoms with Gasteiger partial charge in [-0.1, -0.05) is 19.8 Å². The smallest absolute Gasteiger partial charge is 0.159 e. The number of hydrogen-bond acceptors (Lipinski definition) is 3. The Morgan fingerprint density at radius 2 is 1.53 bits per heavy atom. The minimum atomic E-state index is -0.0915. The maximum absolute atomic E-state index is 5.50. The first-order chi connectivity index (χ1) is 7.35. The number of hydrogen-bond donors (Lipinski definition) is 0. The maximum Gasteiger partial charge on any atom is 0.159 e. The Morgan fingerprint density at radius 1 is 0.867 bits per heavy atom. The maximum atomic E-state index is 5.50. The van der Waals surface area contributed by atoms with Crippen LogP contribution in [0.25, 0.3) is 0 Å². The zero-order valence-corrected chi connectivity index (χ0v) is 10.5. The lowest BCUT2D eigenvalue weighted by atomic mass is 10.3. The van der Waals surface area contributed by atoms with Crippen molar-refractivity contribution >= 4 is 0 Å². The molecule has 0 atom stereocenters. The van der Waals surface area contributed by atoms with Gasteiger partial charge in [0, 0.05) is 26.2 Å². The van der Waals surface area contributed by atoms with Gasteiger partial charge in [0.05, 0.1) is 6.61 Å². The summed E-state index contributed by atoms with van der Waals surface area (Å²) in [6, 6.07) is 0. The highest BCUT2D eigenvalue weighted by molar-refractivity contribution is 4.45. The molecule has 3 heteroatoms. The average Bonchev–Trinajstić information content (AvgIpc) is 2.24. The molecule has 0 N–H and O–H groups in total. The third kappa shape index (κ3) is 10.2. The summed E-state index contributed by atoms with van der Waals surface area (Å²) in [6.45, 7) is 9.14. The molecular formula is C12H26O3. The van der Waals surface area contributed by atoms with E-state index in [0.29, 0.717) is 13.2 Å². The van der Waals surface area contributed by atoms with E-state index >= 15 is 0 Å². The molecule has 15 heavy (non-hydrogen) atoms. The molecule has 0 aliphatic heterocycles. The van der Waals surface area contributed by atoms with E-state index in [2.05, 4.69) is 6.92 Å². The first-order valence-corrected chi connectivity index (χ1v) is 6.16. The second-order valence-corrected chi connectivity index (χ2v) is 3.45. The molecule has 0 saturated carbocycles. The minimum Gasteiger partial charge on any atom is -0.381 e. The average molecular weight is 218 g/mol. The normalized spacial score (nSPS) is 11.2. The Hall–Kier alpha value is -0.120. The van der Waals surface area contributed by atoms with Gasteiger partial charge in [0.15, 0.2) is 6.29 Å². The van der Waals surface area contributed by atoms with Crippen LogP contribution in [-0.2, 0) is 14.2 Å². The highest BCUT2D eigenvalue weighted by Crippen LogP contribution is 2.02. The fraction of sp³-hybridized carbons (Fsp3) is 1.00. The summed E-state index contributed by atoms with van der Waals surface area (Å²) in [6.07, 6.45) is 4.38. The van der Waals surface area contributed by atoms with Crippen LogP contribution >= 0.6 is 0 Å². The molecule has 0 heterocycles. The quantitative estimate of drug-likeness (QED) is 0.394. The molecular weight excluding hydrogens is 192 g/mol. The van der Waals surface area contributed by atoms with Crippen molar-refractivity contribution in [2.45, 2.75) is 52.7 Å². The third-order valence-electron chi connectivity index (χ3n) is 2.10.